The summed E-state index contributed by atoms with van der Waals surface area (Å²) in [5, 5.41) is 14.2. The quantitative estimate of drug-likeness (QED) is 0.465. The number of hydrogen-bond acceptors (Lipinski definition) is 6. The van der Waals surface area contributed by atoms with Gasteiger partial charge in [0.15, 0.2) is 0 Å². The molecule has 2 N–H and O–H groups in total. The van der Waals surface area contributed by atoms with Crippen LogP contribution >= 0.6 is 0 Å². The molecule has 0 aliphatic carbocycles. The van der Waals surface area contributed by atoms with E-state index < -0.39 is 6.04 Å². The average molecular weight is 477 g/mol. The van der Waals surface area contributed by atoms with E-state index in [1.165, 1.54) is 17.5 Å². The Labute approximate surface area is 204 Å². The summed E-state index contributed by atoms with van der Waals surface area (Å²) in [4.78, 5) is 40.6. The number of amides is 2. The molecular formula is C26H32N6O3. The first-order chi connectivity index (χ1) is 17.0. The second-order valence-corrected chi connectivity index (χ2v) is 8.88. The van der Waals surface area contributed by atoms with Crippen LogP contribution in [0.5, 0.6) is 0 Å². The molecule has 0 spiro atoms. The van der Waals surface area contributed by atoms with Gasteiger partial charge >= 0.3 is 0 Å². The Morgan fingerprint density at radius 2 is 1.89 bits per heavy atom. The van der Waals surface area contributed by atoms with Crippen molar-refractivity contribution in [1.82, 2.24) is 20.3 Å². The lowest BCUT2D eigenvalue weighted by Gasteiger charge is -2.21. The molecule has 35 heavy (non-hydrogen) atoms. The summed E-state index contributed by atoms with van der Waals surface area (Å²) >= 11 is 0. The number of benzene rings is 2. The largest absolute Gasteiger partial charge is 0.371 e. The van der Waals surface area contributed by atoms with Crippen LogP contribution in [0.1, 0.15) is 45.4 Å². The highest BCUT2D eigenvalue weighted by atomic mass is 16.2. The maximum absolute atomic E-state index is 13.0. The summed E-state index contributed by atoms with van der Waals surface area (Å²) in [6.45, 7) is 4.18. The summed E-state index contributed by atoms with van der Waals surface area (Å²) < 4.78 is 1.19. The van der Waals surface area contributed by atoms with Gasteiger partial charge in [-0.1, -0.05) is 43.2 Å². The monoisotopic (exact) mass is 476 g/mol. The van der Waals surface area contributed by atoms with Crippen LogP contribution in [0.25, 0.3) is 10.9 Å². The van der Waals surface area contributed by atoms with Gasteiger partial charge in [0.05, 0.1) is 11.9 Å². The normalized spacial score (nSPS) is 14.1. The van der Waals surface area contributed by atoms with Crippen molar-refractivity contribution in [1.29, 1.82) is 0 Å². The predicted octanol–water partition coefficient (Wildman–Crippen LogP) is 3.10. The SMILES string of the molecule is CCCCC(NC(=O)CCn1nnc2ccccc2c1=O)C(=O)Nc1cccc(N2CCCC2)c1. The third-order valence-corrected chi connectivity index (χ3v) is 6.26. The maximum atomic E-state index is 13.0. The number of carbonyl (C=O) groups is 2. The fourth-order valence-electron chi connectivity index (χ4n) is 4.31. The lowest BCUT2D eigenvalue weighted by molar-refractivity contribution is -0.126. The van der Waals surface area contributed by atoms with Crippen LogP contribution in [-0.4, -0.2) is 45.9 Å². The molecular weight excluding hydrogens is 444 g/mol. The molecule has 1 fully saturated rings. The molecule has 0 radical (unpaired) electrons. The summed E-state index contributed by atoms with van der Waals surface area (Å²) in [5.41, 5.74) is 2.04. The third kappa shape index (κ3) is 6.23. The van der Waals surface area contributed by atoms with Gasteiger partial charge in [-0.15, -0.1) is 5.10 Å². The highest BCUT2D eigenvalue weighted by Crippen LogP contribution is 2.23. The Morgan fingerprint density at radius 3 is 2.69 bits per heavy atom. The number of aryl methyl sites for hydroxylation is 1. The van der Waals surface area contributed by atoms with Crippen LogP contribution in [0.3, 0.4) is 0 Å². The molecule has 3 aromatic rings. The number of fused-ring (bicyclic) bond motifs is 1. The Kier molecular flexibility index (Phi) is 8.07. The molecule has 1 aliphatic heterocycles. The zero-order valence-corrected chi connectivity index (χ0v) is 20.1. The first kappa shape index (κ1) is 24.4. The molecule has 1 aliphatic rings. The standard InChI is InChI=1S/C26H32N6O3/c1-2-3-12-23(25(34)27-19-9-8-10-20(18-19)31-15-6-7-16-31)28-24(33)14-17-32-26(35)21-11-4-5-13-22(21)29-30-32/h4-5,8-11,13,18,23H,2-3,6-7,12,14-17H2,1H3,(H,27,34)(H,28,33). The van der Waals surface area contributed by atoms with E-state index in [9.17, 15) is 14.4 Å². The third-order valence-electron chi connectivity index (χ3n) is 6.26. The molecule has 1 atom stereocenters. The fraction of sp³-hybridized carbons (Fsp3) is 0.423. The van der Waals surface area contributed by atoms with Gasteiger partial charge in [0.1, 0.15) is 11.6 Å². The highest BCUT2D eigenvalue weighted by Gasteiger charge is 2.21. The molecule has 4 rings (SSSR count). The zero-order chi connectivity index (χ0) is 24.6. The van der Waals surface area contributed by atoms with Crippen LogP contribution in [0.15, 0.2) is 53.3 Å². The van der Waals surface area contributed by atoms with Gasteiger partial charge in [-0.2, -0.15) is 0 Å². The molecule has 1 unspecified atom stereocenters. The number of anilines is 2. The van der Waals surface area contributed by atoms with Crippen molar-refractivity contribution in [3.8, 4) is 0 Å². The van der Waals surface area contributed by atoms with Gasteiger partial charge in [0.2, 0.25) is 11.8 Å². The van der Waals surface area contributed by atoms with E-state index >= 15 is 0 Å². The Morgan fingerprint density at radius 1 is 1.09 bits per heavy atom. The van der Waals surface area contributed by atoms with Crippen molar-refractivity contribution in [3.63, 3.8) is 0 Å². The molecule has 1 aromatic heterocycles. The van der Waals surface area contributed by atoms with Gasteiger partial charge in [-0.25, -0.2) is 4.68 Å². The second kappa shape index (κ2) is 11.6. The summed E-state index contributed by atoms with van der Waals surface area (Å²) in [5.74, 6) is -0.554. The second-order valence-electron chi connectivity index (χ2n) is 8.88. The first-order valence-corrected chi connectivity index (χ1v) is 12.3. The van der Waals surface area contributed by atoms with E-state index in [2.05, 4.69) is 31.9 Å². The number of rotatable bonds is 10. The molecule has 9 heteroatoms. The smallest absolute Gasteiger partial charge is 0.277 e. The molecule has 1 saturated heterocycles. The summed E-state index contributed by atoms with van der Waals surface area (Å²) in [6, 6.07) is 14.1. The zero-order valence-electron chi connectivity index (χ0n) is 20.1. The van der Waals surface area contributed by atoms with Crippen LogP contribution in [-0.2, 0) is 16.1 Å². The lowest BCUT2D eigenvalue weighted by Crippen LogP contribution is -2.44. The first-order valence-electron chi connectivity index (χ1n) is 12.3. The van der Waals surface area contributed by atoms with Crippen molar-refractivity contribution in [2.24, 2.45) is 0 Å². The van der Waals surface area contributed by atoms with E-state index in [-0.39, 0.29) is 30.3 Å². The molecule has 2 amide bonds. The molecule has 0 saturated carbocycles. The number of carbonyl (C=O) groups excluding carboxylic acids is 2. The van der Waals surface area contributed by atoms with Crippen molar-refractivity contribution in [3.05, 3.63) is 58.9 Å². The van der Waals surface area contributed by atoms with Crippen LogP contribution in [0, 0.1) is 0 Å². The fourth-order valence-corrected chi connectivity index (χ4v) is 4.31. The van der Waals surface area contributed by atoms with Gasteiger partial charge in [-0.3, -0.25) is 14.4 Å². The Balaban J connectivity index is 1.38. The van der Waals surface area contributed by atoms with Crippen LogP contribution in [0.4, 0.5) is 11.4 Å². The summed E-state index contributed by atoms with van der Waals surface area (Å²) in [6.07, 6.45) is 4.63. The predicted molar refractivity (Wildman–Crippen MR) is 136 cm³/mol. The van der Waals surface area contributed by atoms with Crippen molar-refractivity contribution < 1.29 is 9.59 Å². The maximum Gasteiger partial charge on any atom is 0.277 e. The topological polar surface area (TPSA) is 109 Å². The van der Waals surface area contributed by atoms with Gasteiger partial charge in [-0.05, 0) is 49.6 Å². The van der Waals surface area contributed by atoms with Gasteiger partial charge in [0.25, 0.3) is 5.56 Å². The minimum absolute atomic E-state index is 0.0211. The van der Waals surface area contributed by atoms with Crippen molar-refractivity contribution >= 4 is 34.1 Å². The summed E-state index contributed by atoms with van der Waals surface area (Å²) in [7, 11) is 0. The molecule has 184 valence electrons. The number of nitrogens with zero attached hydrogens (tertiary/aromatic N) is 4. The van der Waals surface area contributed by atoms with E-state index in [1.54, 1.807) is 24.3 Å². The van der Waals surface area contributed by atoms with Crippen molar-refractivity contribution in [2.45, 2.75) is 58.0 Å². The minimum Gasteiger partial charge on any atom is -0.371 e. The molecule has 9 nitrogen and oxygen atoms in total. The van der Waals surface area contributed by atoms with Crippen molar-refractivity contribution in [2.75, 3.05) is 23.3 Å². The average Bonchev–Trinajstić information content (AvgIpc) is 3.42. The minimum atomic E-state index is -0.655. The number of hydrogen-bond donors (Lipinski definition) is 2. The molecule has 2 heterocycles. The molecule has 0 bridgehead atoms. The van der Waals surface area contributed by atoms with Gasteiger partial charge in [0, 0.05) is 30.9 Å². The number of aromatic nitrogens is 3. The number of unbranched alkanes of at least 4 members (excludes halogenated alkanes) is 1. The van der Waals surface area contributed by atoms with Gasteiger partial charge < -0.3 is 15.5 Å². The van der Waals surface area contributed by atoms with E-state index in [0.717, 1.165) is 31.6 Å². The van der Waals surface area contributed by atoms with E-state index in [1.807, 2.05) is 25.1 Å². The van der Waals surface area contributed by atoms with Crippen LogP contribution in [0.2, 0.25) is 0 Å². The molecule has 2 aromatic carbocycles. The number of nitrogens with one attached hydrogen (secondary N) is 2. The van der Waals surface area contributed by atoms with Crippen LogP contribution < -0.4 is 21.1 Å². The highest BCUT2D eigenvalue weighted by molar-refractivity contribution is 5.97. The van der Waals surface area contributed by atoms with E-state index in [4.69, 9.17) is 0 Å². The van der Waals surface area contributed by atoms with E-state index in [0.29, 0.717) is 23.0 Å². The Hall–Kier alpha value is -3.75. The Bertz CT molecular complexity index is 1230. The lowest BCUT2D eigenvalue weighted by atomic mass is 10.1.